The molecule has 2 atom stereocenters. The zero-order valence-corrected chi connectivity index (χ0v) is 7.71. The highest BCUT2D eigenvalue weighted by Gasteiger charge is 2.31. The van der Waals surface area contributed by atoms with Crippen LogP contribution in [0.1, 0.15) is 26.2 Å². The molecule has 1 heterocycles. The van der Waals surface area contributed by atoms with Crippen LogP contribution in [0.3, 0.4) is 0 Å². The molecular weight excluding hydrogens is 156 g/mol. The number of rotatable bonds is 2. The minimum atomic E-state index is -0.124. The first-order valence-corrected chi connectivity index (χ1v) is 4.49. The zero-order chi connectivity index (χ0) is 8.97. The third kappa shape index (κ3) is 1.97. The van der Waals surface area contributed by atoms with Crippen LogP contribution in [0.25, 0.3) is 0 Å². The van der Waals surface area contributed by atoms with E-state index in [0.717, 1.165) is 25.9 Å². The van der Waals surface area contributed by atoms with Gasteiger partial charge in [0.2, 0.25) is 0 Å². The average Bonchev–Trinajstić information content (AvgIpc) is 2.16. The highest BCUT2D eigenvalue weighted by Crippen LogP contribution is 2.23. The van der Waals surface area contributed by atoms with Crippen molar-refractivity contribution in [3.8, 4) is 0 Å². The van der Waals surface area contributed by atoms with E-state index in [-0.39, 0.29) is 18.0 Å². The Labute approximate surface area is 73.0 Å². The summed E-state index contributed by atoms with van der Waals surface area (Å²) >= 11 is 0. The minimum Gasteiger partial charge on any atom is -0.469 e. The van der Waals surface area contributed by atoms with Crippen LogP contribution in [0.5, 0.6) is 0 Å². The van der Waals surface area contributed by atoms with E-state index in [1.165, 1.54) is 7.11 Å². The second kappa shape index (κ2) is 4.45. The molecular formula is C9H16O3. The number of ether oxygens (including phenoxy) is 2. The first-order chi connectivity index (χ1) is 5.79. The molecule has 1 rings (SSSR count). The maximum atomic E-state index is 11.2. The SMILES string of the molecule is CC[C@@H]1OCCC[C@@H]1C(=O)OC. The number of carbonyl (C=O) groups is 1. The largest absolute Gasteiger partial charge is 0.469 e. The van der Waals surface area contributed by atoms with E-state index in [2.05, 4.69) is 0 Å². The summed E-state index contributed by atoms with van der Waals surface area (Å²) in [6.07, 6.45) is 2.84. The molecule has 3 nitrogen and oxygen atoms in total. The Morgan fingerprint density at radius 1 is 1.67 bits per heavy atom. The van der Waals surface area contributed by atoms with Crippen molar-refractivity contribution in [2.75, 3.05) is 13.7 Å². The molecule has 0 spiro atoms. The molecule has 0 bridgehead atoms. The van der Waals surface area contributed by atoms with E-state index in [0.29, 0.717) is 0 Å². The van der Waals surface area contributed by atoms with Gasteiger partial charge in [0, 0.05) is 6.61 Å². The summed E-state index contributed by atoms with van der Waals surface area (Å²) in [5, 5.41) is 0. The van der Waals surface area contributed by atoms with Gasteiger partial charge in [-0.3, -0.25) is 4.79 Å². The lowest BCUT2D eigenvalue weighted by Gasteiger charge is -2.28. The second-order valence-electron chi connectivity index (χ2n) is 3.09. The molecule has 0 unspecified atom stereocenters. The molecule has 0 aromatic heterocycles. The lowest BCUT2D eigenvalue weighted by molar-refractivity contribution is -0.155. The Morgan fingerprint density at radius 2 is 2.42 bits per heavy atom. The van der Waals surface area contributed by atoms with Gasteiger partial charge in [0.05, 0.1) is 19.1 Å². The van der Waals surface area contributed by atoms with E-state index in [1.54, 1.807) is 0 Å². The van der Waals surface area contributed by atoms with Crippen LogP contribution >= 0.6 is 0 Å². The summed E-state index contributed by atoms with van der Waals surface area (Å²) in [6.45, 7) is 2.82. The first-order valence-electron chi connectivity index (χ1n) is 4.49. The molecule has 0 aromatic carbocycles. The van der Waals surface area contributed by atoms with Crippen molar-refractivity contribution >= 4 is 5.97 Å². The Morgan fingerprint density at radius 3 is 3.00 bits per heavy atom. The van der Waals surface area contributed by atoms with Gasteiger partial charge in [-0.1, -0.05) is 6.92 Å². The van der Waals surface area contributed by atoms with Crippen molar-refractivity contribution < 1.29 is 14.3 Å². The van der Waals surface area contributed by atoms with E-state index in [1.807, 2.05) is 6.92 Å². The molecule has 1 saturated heterocycles. The van der Waals surface area contributed by atoms with Crippen molar-refractivity contribution in [3.05, 3.63) is 0 Å². The lowest BCUT2D eigenvalue weighted by Crippen LogP contribution is -2.35. The molecule has 3 heteroatoms. The molecule has 1 aliphatic heterocycles. The quantitative estimate of drug-likeness (QED) is 0.590. The smallest absolute Gasteiger partial charge is 0.311 e. The van der Waals surface area contributed by atoms with E-state index in [9.17, 15) is 4.79 Å². The molecule has 0 radical (unpaired) electrons. The summed E-state index contributed by atoms with van der Waals surface area (Å²) in [4.78, 5) is 11.2. The maximum Gasteiger partial charge on any atom is 0.311 e. The van der Waals surface area contributed by atoms with Crippen LogP contribution in [-0.2, 0) is 14.3 Å². The van der Waals surface area contributed by atoms with Gasteiger partial charge in [0.1, 0.15) is 0 Å². The monoisotopic (exact) mass is 172 g/mol. The molecule has 0 aromatic rings. The van der Waals surface area contributed by atoms with Crippen LogP contribution in [0.4, 0.5) is 0 Å². The summed E-state index contributed by atoms with van der Waals surface area (Å²) in [6, 6.07) is 0. The van der Waals surface area contributed by atoms with Crippen molar-refractivity contribution in [1.29, 1.82) is 0 Å². The first kappa shape index (κ1) is 9.52. The van der Waals surface area contributed by atoms with Gasteiger partial charge in [0.25, 0.3) is 0 Å². The predicted molar refractivity (Wildman–Crippen MR) is 44.8 cm³/mol. The Kier molecular flexibility index (Phi) is 3.53. The Hall–Kier alpha value is -0.570. The standard InChI is InChI=1S/C9H16O3/c1-3-8-7(9(10)11-2)5-4-6-12-8/h7-8H,3-6H2,1-2H3/t7-,8-/m0/s1. The van der Waals surface area contributed by atoms with Gasteiger partial charge in [-0.15, -0.1) is 0 Å². The molecule has 0 aliphatic carbocycles. The number of carbonyl (C=O) groups excluding carboxylic acids is 1. The molecule has 1 aliphatic rings. The highest BCUT2D eigenvalue weighted by atomic mass is 16.5. The lowest BCUT2D eigenvalue weighted by atomic mass is 9.93. The summed E-state index contributed by atoms with van der Waals surface area (Å²) < 4.78 is 10.2. The van der Waals surface area contributed by atoms with E-state index >= 15 is 0 Å². The van der Waals surface area contributed by atoms with Crippen LogP contribution in [-0.4, -0.2) is 25.8 Å². The molecule has 0 N–H and O–H groups in total. The molecule has 12 heavy (non-hydrogen) atoms. The van der Waals surface area contributed by atoms with Crippen molar-refractivity contribution in [1.82, 2.24) is 0 Å². The topological polar surface area (TPSA) is 35.5 Å². The normalized spacial score (nSPS) is 29.8. The van der Waals surface area contributed by atoms with Crippen molar-refractivity contribution in [2.24, 2.45) is 5.92 Å². The van der Waals surface area contributed by atoms with Crippen molar-refractivity contribution in [3.63, 3.8) is 0 Å². The second-order valence-corrected chi connectivity index (χ2v) is 3.09. The molecule has 70 valence electrons. The number of esters is 1. The summed E-state index contributed by atoms with van der Waals surface area (Å²) in [5.74, 6) is -0.157. The van der Waals surface area contributed by atoms with Gasteiger partial charge in [-0.2, -0.15) is 0 Å². The highest BCUT2D eigenvalue weighted by molar-refractivity contribution is 5.73. The van der Waals surface area contributed by atoms with Crippen LogP contribution in [0.15, 0.2) is 0 Å². The average molecular weight is 172 g/mol. The predicted octanol–water partition coefficient (Wildman–Crippen LogP) is 1.36. The fourth-order valence-corrected chi connectivity index (χ4v) is 1.66. The number of methoxy groups -OCH3 is 1. The Bertz CT molecular complexity index is 156. The molecule has 0 saturated carbocycles. The van der Waals surface area contributed by atoms with E-state index < -0.39 is 0 Å². The number of hydrogen-bond donors (Lipinski definition) is 0. The third-order valence-electron chi connectivity index (χ3n) is 2.35. The van der Waals surface area contributed by atoms with Gasteiger partial charge >= 0.3 is 5.97 Å². The Balaban J connectivity index is 2.52. The van der Waals surface area contributed by atoms with Gasteiger partial charge < -0.3 is 9.47 Å². The van der Waals surface area contributed by atoms with Crippen LogP contribution in [0.2, 0.25) is 0 Å². The minimum absolute atomic E-state index is 0.0336. The van der Waals surface area contributed by atoms with Gasteiger partial charge in [-0.25, -0.2) is 0 Å². The maximum absolute atomic E-state index is 11.2. The van der Waals surface area contributed by atoms with Gasteiger partial charge in [-0.05, 0) is 19.3 Å². The molecule has 1 fully saturated rings. The van der Waals surface area contributed by atoms with Crippen molar-refractivity contribution in [2.45, 2.75) is 32.3 Å². The summed E-state index contributed by atoms with van der Waals surface area (Å²) in [5.41, 5.74) is 0. The fraction of sp³-hybridized carbons (Fsp3) is 0.889. The third-order valence-corrected chi connectivity index (χ3v) is 2.35. The van der Waals surface area contributed by atoms with E-state index in [4.69, 9.17) is 9.47 Å². The van der Waals surface area contributed by atoms with Gasteiger partial charge in [0.15, 0.2) is 0 Å². The zero-order valence-electron chi connectivity index (χ0n) is 7.71. The van der Waals surface area contributed by atoms with Crippen LogP contribution < -0.4 is 0 Å². The van der Waals surface area contributed by atoms with Crippen LogP contribution in [0, 0.1) is 5.92 Å². The fourth-order valence-electron chi connectivity index (χ4n) is 1.66. The summed E-state index contributed by atoms with van der Waals surface area (Å²) in [7, 11) is 1.43. The molecule has 0 amide bonds. The number of hydrogen-bond acceptors (Lipinski definition) is 3.